The monoisotopic (exact) mass is 538 g/mol. The number of benzene rings is 2. The molecular formula is C27H20Cl2N2O4S. The van der Waals surface area contributed by atoms with E-state index in [2.05, 4.69) is 4.99 Å². The van der Waals surface area contributed by atoms with Gasteiger partial charge in [-0.1, -0.05) is 71.8 Å². The Balaban J connectivity index is 1.66. The topological polar surface area (TPSA) is 73.8 Å². The molecule has 182 valence electrons. The van der Waals surface area contributed by atoms with Crippen LogP contribution < -0.4 is 14.9 Å². The normalized spacial score (nSPS) is 15.6. The molecule has 0 saturated heterocycles. The van der Waals surface area contributed by atoms with Gasteiger partial charge in [-0.05, 0) is 42.3 Å². The Kier molecular flexibility index (Phi) is 6.71. The van der Waals surface area contributed by atoms with Crippen molar-refractivity contribution in [3.8, 4) is 11.3 Å². The molecule has 36 heavy (non-hydrogen) atoms. The Morgan fingerprint density at radius 1 is 1.17 bits per heavy atom. The molecule has 0 saturated carbocycles. The van der Waals surface area contributed by atoms with E-state index in [1.165, 1.54) is 18.4 Å². The van der Waals surface area contributed by atoms with Crippen LogP contribution in [0.15, 0.2) is 86.1 Å². The molecule has 1 aliphatic rings. The largest absolute Gasteiger partial charge is 0.466 e. The van der Waals surface area contributed by atoms with E-state index in [-0.39, 0.29) is 5.56 Å². The lowest BCUT2D eigenvalue weighted by molar-refractivity contribution is -0.136. The van der Waals surface area contributed by atoms with Crippen LogP contribution in [-0.2, 0) is 9.53 Å². The standard InChI is InChI=1S/C27H20Cl2N2O4S/c1-3-20-23(26(33)34-2)24(15-7-5-4-6-8-15)31-25(32)22(36-27(31)30-20)14-17-10-12-21(35-17)18-11-9-16(28)13-19(18)29/h4-14,24H,3H2,1-2H3/b22-14+/t24-/m1/s1. The summed E-state index contributed by atoms with van der Waals surface area (Å²) in [5, 5.41) is 0.996. The van der Waals surface area contributed by atoms with Crippen molar-refractivity contribution in [2.24, 2.45) is 4.99 Å². The molecule has 0 spiro atoms. The van der Waals surface area contributed by atoms with E-state index in [0.29, 0.717) is 54.2 Å². The first-order chi connectivity index (χ1) is 17.4. The van der Waals surface area contributed by atoms with Crippen LogP contribution in [0.3, 0.4) is 0 Å². The Morgan fingerprint density at radius 2 is 1.94 bits per heavy atom. The van der Waals surface area contributed by atoms with Crippen LogP contribution in [-0.4, -0.2) is 17.6 Å². The number of esters is 1. The number of carbonyl (C=O) groups excluding carboxylic acids is 1. The Bertz CT molecular complexity index is 1680. The van der Waals surface area contributed by atoms with Crippen LogP contribution in [0, 0.1) is 0 Å². The minimum absolute atomic E-state index is 0.272. The van der Waals surface area contributed by atoms with Crippen LogP contribution >= 0.6 is 34.5 Å². The molecule has 0 N–H and O–H groups in total. The van der Waals surface area contributed by atoms with Crippen LogP contribution in [0.25, 0.3) is 17.4 Å². The SMILES string of the molecule is CCC1=C(C(=O)OC)[C@@H](c2ccccc2)n2c(s/c(=C/c3ccc(-c4ccc(Cl)cc4Cl)o3)c2=O)=N1. The summed E-state index contributed by atoms with van der Waals surface area (Å²) in [6.07, 6.45) is 2.19. The molecule has 2 aromatic carbocycles. The highest BCUT2D eigenvalue weighted by Gasteiger charge is 2.33. The highest BCUT2D eigenvalue weighted by molar-refractivity contribution is 7.07. The zero-order valence-corrected chi connectivity index (χ0v) is 21.7. The molecule has 0 radical (unpaired) electrons. The lowest BCUT2D eigenvalue weighted by atomic mass is 9.95. The van der Waals surface area contributed by atoms with E-state index in [1.807, 2.05) is 37.3 Å². The van der Waals surface area contributed by atoms with Crippen LogP contribution in [0.1, 0.15) is 30.7 Å². The number of thiazole rings is 1. The van der Waals surface area contributed by atoms with E-state index in [4.69, 9.17) is 32.4 Å². The molecule has 0 unspecified atom stereocenters. The number of hydrogen-bond donors (Lipinski definition) is 0. The summed E-state index contributed by atoms with van der Waals surface area (Å²) in [5.74, 6) is 0.536. The van der Waals surface area contributed by atoms with Crippen molar-refractivity contribution >= 4 is 46.6 Å². The first-order valence-corrected chi connectivity index (χ1v) is 12.7. The van der Waals surface area contributed by atoms with Gasteiger partial charge in [0.2, 0.25) is 0 Å². The van der Waals surface area contributed by atoms with Crippen molar-refractivity contribution < 1.29 is 13.9 Å². The zero-order chi connectivity index (χ0) is 25.4. The van der Waals surface area contributed by atoms with Gasteiger partial charge in [-0.3, -0.25) is 9.36 Å². The van der Waals surface area contributed by atoms with Gasteiger partial charge in [-0.25, -0.2) is 9.79 Å². The first kappa shape index (κ1) is 24.3. The van der Waals surface area contributed by atoms with Gasteiger partial charge in [0, 0.05) is 16.7 Å². The number of hydrogen-bond acceptors (Lipinski definition) is 6. The molecule has 4 aromatic rings. The molecule has 5 rings (SSSR count). The van der Waals surface area contributed by atoms with Gasteiger partial charge < -0.3 is 9.15 Å². The third-order valence-corrected chi connectivity index (χ3v) is 7.39. The number of nitrogens with zero attached hydrogens (tertiary/aromatic N) is 2. The highest BCUT2D eigenvalue weighted by Crippen LogP contribution is 2.33. The van der Waals surface area contributed by atoms with Crippen molar-refractivity contribution in [1.82, 2.24) is 4.57 Å². The van der Waals surface area contributed by atoms with Gasteiger partial charge >= 0.3 is 5.97 Å². The van der Waals surface area contributed by atoms with Crippen molar-refractivity contribution in [3.63, 3.8) is 0 Å². The lowest BCUT2D eigenvalue weighted by Crippen LogP contribution is -2.40. The average molecular weight is 539 g/mol. The van der Waals surface area contributed by atoms with Gasteiger partial charge in [-0.15, -0.1) is 0 Å². The first-order valence-electron chi connectivity index (χ1n) is 11.1. The van der Waals surface area contributed by atoms with Crippen molar-refractivity contribution in [1.29, 1.82) is 0 Å². The maximum absolute atomic E-state index is 13.7. The lowest BCUT2D eigenvalue weighted by Gasteiger charge is -2.25. The number of aromatic nitrogens is 1. The average Bonchev–Trinajstić information content (AvgIpc) is 3.47. The third-order valence-electron chi connectivity index (χ3n) is 5.86. The van der Waals surface area contributed by atoms with E-state index in [0.717, 1.165) is 5.56 Å². The van der Waals surface area contributed by atoms with E-state index in [9.17, 15) is 9.59 Å². The molecule has 2 aromatic heterocycles. The predicted molar refractivity (Wildman–Crippen MR) is 141 cm³/mol. The maximum atomic E-state index is 13.7. The summed E-state index contributed by atoms with van der Waals surface area (Å²) < 4.78 is 13.0. The number of furan rings is 1. The number of fused-ring (bicyclic) bond motifs is 1. The Hall–Kier alpha value is -3.39. The third kappa shape index (κ3) is 4.34. The molecule has 6 nitrogen and oxygen atoms in total. The summed E-state index contributed by atoms with van der Waals surface area (Å²) in [6, 6.07) is 17.5. The van der Waals surface area contributed by atoms with Crippen molar-refractivity contribution in [2.75, 3.05) is 7.11 Å². The molecule has 1 atom stereocenters. The smallest absolute Gasteiger partial charge is 0.338 e. The van der Waals surface area contributed by atoms with Crippen LogP contribution in [0.5, 0.6) is 0 Å². The van der Waals surface area contributed by atoms with E-state index < -0.39 is 12.0 Å². The summed E-state index contributed by atoms with van der Waals surface area (Å²) in [6.45, 7) is 1.92. The fourth-order valence-corrected chi connectivity index (χ4v) is 5.71. The van der Waals surface area contributed by atoms with Crippen LogP contribution in [0.2, 0.25) is 10.0 Å². The number of rotatable bonds is 5. The zero-order valence-electron chi connectivity index (χ0n) is 19.3. The van der Waals surface area contributed by atoms with Gasteiger partial charge in [0.15, 0.2) is 4.80 Å². The summed E-state index contributed by atoms with van der Waals surface area (Å²) >= 11 is 13.6. The number of allylic oxidation sites excluding steroid dienone is 1. The summed E-state index contributed by atoms with van der Waals surface area (Å²) in [4.78, 5) is 31.7. The van der Waals surface area contributed by atoms with Gasteiger partial charge in [0.05, 0.1) is 34.0 Å². The van der Waals surface area contributed by atoms with Crippen molar-refractivity contribution in [2.45, 2.75) is 19.4 Å². The molecule has 0 amide bonds. The van der Waals surface area contributed by atoms with E-state index in [1.54, 1.807) is 41.0 Å². The second-order valence-electron chi connectivity index (χ2n) is 8.03. The molecular weight excluding hydrogens is 519 g/mol. The fourth-order valence-electron chi connectivity index (χ4n) is 4.21. The van der Waals surface area contributed by atoms with Gasteiger partial charge in [0.1, 0.15) is 11.5 Å². The Labute approximate surface area is 220 Å². The van der Waals surface area contributed by atoms with Crippen molar-refractivity contribution in [3.05, 3.63) is 113 Å². The summed E-state index contributed by atoms with van der Waals surface area (Å²) in [7, 11) is 1.33. The van der Waals surface area contributed by atoms with Crippen LogP contribution in [0.4, 0.5) is 0 Å². The predicted octanol–water partition coefficient (Wildman–Crippen LogP) is 5.37. The molecule has 9 heteroatoms. The summed E-state index contributed by atoms with van der Waals surface area (Å²) in [5.41, 5.74) is 2.18. The highest BCUT2D eigenvalue weighted by atomic mass is 35.5. The minimum Gasteiger partial charge on any atom is -0.466 e. The number of halogens is 2. The molecule has 0 fully saturated rings. The number of carbonyl (C=O) groups is 1. The quantitative estimate of drug-likeness (QED) is 0.320. The molecule has 3 heterocycles. The van der Waals surface area contributed by atoms with Gasteiger partial charge in [-0.2, -0.15) is 0 Å². The maximum Gasteiger partial charge on any atom is 0.338 e. The number of ether oxygens (including phenoxy) is 1. The molecule has 0 bridgehead atoms. The van der Waals surface area contributed by atoms with Gasteiger partial charge in [0.25, 0.3) is 5.56 Å². The number of methoxy groups -OCH3 is 1. The minimum atomic E-state index is -0.646. The second kappa shape index (κ2) is 9.93. The molecule has 1 aliphatic heterocycles. The second-order valence-corrected chi connectivity index (χ2v) is 9.88. The fraction of sp³-hybridized carbons (Fsp3) is 0.148. The van der Waals surface area contributed by atoms with E-state index >= 15 is 0 Å². The Morgan fingerprint density at radius 3 is 2.64 bits per heavy atom. The molecule has 0 aliphatic carbocycles.